The Morgan fingerprint density at radius 2 is 2.17 bits per heavy atom. The van der Waals surface area contributed by atoms with Crippen LogP contribution >= 0.6 is 0 Å². The fourth-order valence-corrected chi connectivity index (χ4v) is 3.13. The van der Waals surface area contributed by atoms with Crippen LogP contribution in [-0.4, -0.2) is 47.2 Å². The molecule has 3 N–H and O–H groups in total. The van der Waals surface area contributed by atoms with E-state index in [1.807, 2.05) is 37.3 Å². The number of hydrogen-bond acceptors (Lipinski definition) is 5. The molecule has 8 nitrogen and oxygen atoms in total. The Balaban J connectivity index is 1.57. The molecule has 1 aromatic carbocycles. The maximum absolute atomic E-state index is 12.8. The molecule has 0 spiro atoms. The van der Waals surface area contributed by atoms with E-state index in [9.17, 15) is 4.79 Å². The molecule has 29 heavy (non-hydrogen) atoms. The number of pyridine rings is 1. The Kier molecular flexibility index (Phi) is 5.09. The number of amidine groups is 1. The quantitative estimate of drug-likeness (QED) is 0.470. The van der Waals surface area contributed by atoms with Crippen LogP contribution in [-0.2, 0) is 4.74 Å². The average Bonchev–Trinajstić information content (AvgIpc) is 3.12. The largest absolute Gasteiger partial charge is 0.484 e. The Labute approximate surface area is 168 Å². The van der Waals surface area contributed by atoms with Gasteiger partial charge < -0.3 is 15.4 Å². The van der Waals surface area contributed by atoms with Crippen LogP contribution in [0, 0.1) is 18.3 Å². The number of imidazole rings is 1. The minimum absolute atomic E-state index is 0.0963. The van der Waals surface area contributed by atoms with Crippen molar-refractivity contribution in [3.05, 3.63) is 65.6 Å². The van der Waals surface area contributed by atoms with Crippen molar-refractivity contribution >= 4 is 29.0 Å². The zero-order valence-corrected chi connectivity index (χ0v) is 16.3. The van der Waals surface area contributed by atoms with E-state index in [1.165, 1.54) is 0 Å². The summed E-state index contributed by atoms with van der Waals surface area (Å²) in [4.78, 5) is 21.4. The van der Waals surface area contributed by atoms with Gasteiger partial charge in [-0.1, -0.05) is 18.2 Å². The number of aromatic nitrogens is 2. The van der Waals surface area contributed by atoms with Gasteiger partial charge in [0, 0.05) is 30.5 Å². The molecular formula is C21H22N6O2. The van der Waals surface area contributed by atoms with Crippen molar-refractivity contribution in [2.75, 3.05) is 25.5 Å². The van der Waals surface area contributed by atoms with E-state index in [0.29, 0.717) is 28.5 Å². The van der Waals surface area contributed by atoms with Gasteiger partial charge >= 0.3 is 0 Å². The highest BCUT2D eigenvalue weighted by Crippen LogP contribution is 2.20. The zero-order valence-electron chi connectivity index (χ0n) is 16.3. The maximum Gasteiger partial charge on any atom is 0.274 e. The lowest BCUT2D eigenvalue weighted by molar-refractivity contribution is 0.102. The number of methoxy groups -OCH3 is 1. The summed E-state index contributed by atoms with van der Waals surface area (Å²) in [6, 6.07) is 11.0. The number of aryl methyl sites for hydroxylation is 1. The molecule has 148 valence electrons. The van der Waals surface area contributed by atoms with Crippen LogP contribution < -0.4 is 10.6 Å². The van der Waals surface area contributed by atoms with Gasteiger partial charge in [0.1, 0.15) is 11.3 Å². The van der Waals surface area contributed by atoms with Crippen LogP contribution in [0.5, 0.6) is 0 Å². The first kappa shape index (κ1) is 18.8. The summed E-state index contributed by atoms with van der Waals surface area (Å²) in [7, 11) is 1.57. The van der Waals surface area contributed by atoms with E-state index in [1.54, 1.807) is 30.0 Å². The van der Waals surface area contributed by atoms with Crippen LogP contribution in [0.2, 0.25) is 0 Å². The summed E-state index contributed by atoms with van der Waals surface area (Å²) >= 11 is 0. The molecule has 0 atom stereocenters. The van der Waals surface area contributed by atoms with Gasteiger partial charge in [-0.3, -0.25) is 14.6 Å². The first-order valence-electron chi connectivity index (χ1n) is 9.33. The van der Waals surface area contributed by atoms with Crippen molar-refractivity contribution in [2.45, 2.75) is 6.92 Å². The predicted octanol–water partition coefficient (Wildman–Crippen LogP) is 2.48. The predicted molar refractivity (Wildman–Crippen MR) is 112 cm³/mol. The van der Waals surface area contributed by atoms with Crippen molar-refractivity contribution in [3.63, 3.8) is 0 Å². The second-order valence-corrected chi connectivity index (χ2v) is 6.91. The summed E-state index contributed by atoms with van der Waals surface area (Å²) in [5, 5.41) is 14.4. The number of nitrogens with one attached hydrogen (secondary N) is 3. The van der Waals surface area contributed by atoms with Gasteiger partial charge in [0.25, 0.3) is 5.91 Å². The summed E-state index contributed by atoms with van der Waals surface area (Å²) in [6.45, 7) is 3.50. The van der Waals surface area contributed by atoms with Crippen molar-refractivity contribution in [1.29, 1.82) is 5.41 Å². The van der Waals surface area contributed by atoms with Crippen molar-refractivity contribution < 1.29 is 9.53 Å². The monoisotopic (exact) mass is 390 g/mol. The number of hydrogen-bond donors (Lipinski definition) is 3. The highest BCUT2D eigenvalue weighted by atomic mass is 16.5. The van der Waals surface area contributed by atoms with Crippen LogP contribution in [0.1, 0.15) is 21.6 Å². The normalized spacial score (nSPS) is 14.5. The fourth-order valence-electron chi connectivity index (χ4n) is 3.13. The van der Waals surface area contributed by atoms with Crippen LogP contribution in [0.15, 0.2) is 53.8 Å². The van der Waals surface area contributed by atoms with E-state index < -0.39 is 0 Å². The molecule has 0 bridgehead atoms. The zero-order chi connectivity index (χ0) is 20.4. The van der Waals surface area contributed by atoms with Crippen LogP contribution in [0.4, 0.5) is 5.69 Å². The number of fused-ring (bicyclic) bond motifs is 1. The first-order chi connectivity index (χ1) is 14.1. The molecule has 8 heteroatoms. The van der Waals surface area contributed by atoms with E-state index in [0.717, 1.165) is 18.7 Å². The minimum atomic E-state index is -0.267. The molecule has 0 saturated carbocycles. The first-order valence-corrected chi connectivity index (χ1v) is 9.33. The molecule has 0 radical (unpaired) electrons. The molecule has 4 rings (SSSR count). The lowest BCUT2D eigenvalue weighted by atomic mass is 10.0. The number of anilines is 1. The van der Waals surface area contributed by atoms with Gasteiger partial charge in [-0.25, -0.2) is 4.98 Å². The third-order valence-corrected chi connectivity index (χ3v) is 4.97. The molecule has 3 aromatic rings. The number of aliphatic imine (C=N–C) groups is 1. The van der Waals surface area contributed by atoms with E-state index in [-0.39, 0.29) is 17.7 Å². The van der Waals surface area contributed by atoms with Gasteiger partial charge in [0.05, 0.1) is 19.2 Å². The molecule has 1 saturated heterocycles. The lowest BCUT2D eigenvalue weighted by Crippen LogP contribution is -2.47. The highest BCUT2D eigenvalue weighted by molar-refractivity contribution is 6.07. The number of ether oxygens (including phenoxy) is 1. The van der Waals surface area contributed by atoms with Crippen LogP contribution in [0.3, 0.4) is 0 Å². The van der Waals surface area contributed by atoms with Crippen LogP contribution in [0.25, 0.3) is 5.65 Å². The highest BCUT2D eigenvalue weighted by Gasteiger charge is 2.24. The second kappa shape index (κ2) is 7.84. The van der Waals surface area contributed by atoms with E-state index in [2.05, 4.69) is 20.6 Å². The number of carbonyl (C=O) groups excluding carboxylic acids is 1. The van der Waals surface area contributed by atoms with Gasteiger partial charge in [0.15, 0.2) is 11.7 Å². The third kappa shape index (κ3) is 3.74. The lowest BCUT2D eigenvalue weighted by Gasteiger charge is -2.27. The Morgan fingerprint density at radius 3 is 2.90 bits per heavy atom. The van der Waals surface area contributed by atoms with Gasteiger partial charge in [-0.15, -0.1) is 0 Å². The van der Waals surface area contributed by atoms with Gasteiger partial charge in [-0.05, 0) is 30.7 Å². The number of amides is 1. The molecule has 1 aliphatic heterocycles. The van der Waals surface area contributed by atoms with E-state index >= 15 is 0 Å². The number of benzene rings is 1. The molecule has 3 heterocycles. The number of carbonyl (C=O) groups is 1. The van der Waals surface area contributed by atoms with E-state index in [4.69, 9.17) is 10.1 Å². The second-order valence-electron chi connectivity index (χ2n) is 6.91. The summed E-state index contributed by atoms with van der Waals surface area (Å²) < 4.78 is 7.08. The summed E-state index contributed by atoms with van der Waals surface area (Å²) in [5.74, 6) is 0.571. The molecule has 1 amide bonds. The SMILES string of the molecule is COC(=NC(=N)c1ccc(C)c(NC(=O)c2cnc3ccccn23)c1)C1CNC1. The van der Waals surface area contributed by atoms with Crippen molar-refractivity contribution in [3.8, 4) is 0 Å². The molecule has 2 aromatic heterocycles. The summed E-state index contributed by atoms with van der Waals surface area (Å²) in [5.41, 5.74) is 3.27. The van der Waals surface area contributed by atoms with Gasteiger partial charge in [0.2, 0.25) is 0 Å². The smallest absolute Gasteiger partial charge is 0.274 e. The Hall–Kier alpha value is -3.52. The Bertz CT molecular complexity index is 1110. The van der Waals surface area contributed by atoms with Crippen molar-refractivity contribution in [2.24, 2.45) is 10.9 Å². The standard InChI is InChI=1S/C21H22N6O2/c1-13-6-7-14(19(22)26-21(29-2)15-10-23-11-15)9-16(13)25-20(28)17-12-24-18-5-3-4-8-27(17)18/h3-9,12,15,22-23H,10-11H2,1-2H3,(H,25,28). The van der Waals surface area contributed by atoms with Gasteiger partial charge in [-0.2, -0.15) is 4.99 Å². The maximum atomic E-state index is 12.8. The molecule has 0 aliphatic carbocycles. The topological polar surface area (TPSA) is 104 Å². The fraction of sp³-hybridized carbons (Fsp3) is 0.238. The summed E-state index contributed by atoms with van der Waals surface area (Å²) in [6.07, 6.45) is 3.35. The number of nitrogens with zero attached hydrogens (tertiary/aromatic N) is 3. The minimum Gasteiger partial charge on any atom is -0.484 e. The third-order valence-electron chi connectivity index (χ3n) is 4.97. The molecular weight excluding hydrogens is 368 g/mol. The molecule has 1 fully saturated rings. The molecule has 1 aliphatic rings. The average molecular weight is 390 g/mol. The molecule has 0 unspecified atom stereocenters. The number of rotatable bonds is 4. The van der Waals surface area contributed by atoms with Crippen molar-refractivity contribution in [1.82, 2.24) is 14.7 Å². The Morgan fingerprint density at radius 1 is 1.34 bits per heavy atom.